The molecule has 1 aliphatic rings. The van der Waals surface area contributed by atoms with Crippen molar-refractivity contribution >= 4 is 12.4 Å². The standard InChI is InChI=1S/C12H14F3N.ClH/c13-12(14,15)11-6-2-1-5-10(11)9-4-3-7-16-8-9;/h1-2,5-6,9,16H,3-4,7-8H2;1H/t9-;/m1./s1. The molecule has 0 unspecified atom stereocenters. The normalized spacial score (nSPS) is 20.8. The van der Waals surface area contributed by atoms with Crippen molar-refractivity contribution in [2.75, 3.05) is 13.1 Å². The minimum absolute atomic E-state index is 0. The van der Waals surface area contributed by atoms with Crippen LogP contribution in [0.4, 0.5) is 13.2 Å². The zero-order chi connectivity index (χ0) is 11.6. The first-order chi connectivity index (χ1) is 7.59. The van der Waals surface area contributed by atoms with Gasteiger partial charge in [-0.15, -0.1) is 12.4 Å². The lowest BCUT2D eigenvalue weighted by Crippen LogP contribution is -2.29. The smallest absolute Gasteiger partial charge is 0.316 e. The predicted molar refractivity (Wildman–Crippen MR) is 63.5 cm³/mol. The summed E-state index contributed by atoms with van der Waals surface area (Å²) >= 11 is 0. The highest BCUT2D eigenvalue weighted by Crippen LogP contribution is 2.36. The molecule has 96 valence electrons. The topological polar surface area (TPSA) is 12.0 Å². The highest BCUT2D eigenvalue weighted by Gasteiger charge is 2.34. The average Bonchev–Trinajstić information content (AvgIpc) is 2.29. The summed E-state index contributed by atoms with van der Waals surface area (Å²) in [5.74, 6) is -0.00780. The summed E-state index contributed by atoms with van der Waals surface area (Å²) in [6, 6.07) is 5.90. The second kappa shape index (κ2) is 5.74. The van der Waals surface area contributed by atoms with Crippen LogP contribution >= 0.6 is 12.4 Å². The summed E-state index contributed by atoms with van der Waals surface area (Å²) in [6.07, 6.45) is -2.47. The van der Waals surface area contributed by atoms with E-state index in [0.29, 0.717) is 12.1 Å². The van der Waals surface area contributed by atoms with E-state index < -0.39 is 11.7 Å². The summed E-state index contributed by atoms with van der Waals surface area (Å²) < 4.78 is 38.3. The third-order valence-corrected chi connectivity index (χ3v) is 3.00. The van der Waals surface area contributed by atoms with E-state index in [1.54, 1.807) is 12.1 Å². The van der Waals surface area contributed by atoms with Crippen molar-refractivity contribution in [2.45, 2.75) is 24.9 Å². The van der Waals surface area contributed by atoms with E-state index in [1.165, 1.54) is 12.1 Å². The molecule has 0 saturated carbocycles. The Balaban J connectivity index is 0.00000144. The van der Waals surface area contributed by atoms with Crippen molar-refractivity contribution in [3.8, 4) is 0 Å². The number of benzene rings is 1. The lowest BCUT2D eigenvalue weighted by Gasteiger charge is -2.25. The van der Waals surface area contributed by atoms with Gasteiger partial charge in [0.1, 0.15) is 0 Å². The van der Waals surface area contributed by atoms with Crippen LogP contribution in [0.25, 0.3) is 0 Å². The molecule has 1 aromatic carbocycles. The van der Waals surface area contributed by atoms with Crippen molar-refractivity contribution < 1.29 is 13.2 Å². The van der Waals surface area contributed by atoms with Crippen LogP contribution < -0.4 is 5.32 Å². The van der Waals surface area contributed by atoms with Crippen molar-refractivity contribution in [1.29, 1.82) is 0 Å². The highest BCUT2D eigenvalue weighted by atomic mass is 35.5. The first-order valence-electron chi connectivity index (χ1n) is 5.46. The quantitative estimate of drug-likeness (QED) is 0.818. The summed E-state index contributed by atoms with van der Waals surface area (Å²) in [6.45, 7) is 1.55. The molecule has 1 fully saturated rings. The van der Waals surface area contributed by atoms with E-state index in [9.17, 15) is 13.2 Å². The molecule has 0 amide bonds. The van der Waals surface area contributed by atoms with Gasteiger partial charge in [0.05, 0.1) is 5.56 Å². The first-order valence-corrected chi connectivity index (χ1v) is 5.46. The lowest BCUT2D eigenvalue weighted by atomic mass is 9.88. The van der Waals surface area contributed by atoms with Crippen LogP contribution in [0, 0.1) is 0 Å². The molecule has 17 heavy (non-hydrogen) atoms. The van der Waals surface area contributed by atoms with Gasteiger partial charge in [0.2, 0.25) is 0 Å². The van der Waals surface area contributed by atoms with Gasteiger partial charge in [-0.1, -0.05) is 18.2 Å². The molecule has 1 nitrogen and oxygen atoms in total. The zero-order valence-corrected chi connectivity index (χ0v) is 10.1. The molecule has 1 saturated heterocycles. The van der Waals surface area contributed by atoms with Gasteiger partial charge in [0.25, 0.3) is 0 Å². The summed E-state index contributed by atoms with van der Waals surface area (Å²) in [5.41, 5.74) is -0.0501. The Morgan fingerprint density at radius 2 is 1.88 bits per heavy atom. The average molecular weight is 266 g/mol. The van der Waals surface area contributed by atoms with Gasteiger partial charge in [0, 0.05) is 6.54 Å². The molecule has 0 aromatic heterocycles. The predicted octanol–water partition coefficient (Wildman–Crippen LogP) is 3.59. The zero-order valence-electron chi connectivity index (χ0n) is 9.26. The van der Waals surface area contributed by atoms with E-state index in [-0.39, 0.29) is 18.3 Å². The van der Waals surface area contributed by atoms with Gasteiger partial charge in [-0.3, -0.25) is 0 Å². The van der Waals surface area contributed by atoms with Gasteiger partial charge in [-0.05, 0) is 36.9 Å². The van der Waals surface area contributed by atoms with Gasteiger partial charge in [0.15, 0.2) is 0 Å². The molecular formula is C12H15ClF3N. The Bertz CT molecular complexity index is 359. The van der Waals surface area contributed by atoms with Crippen molar-refractivity contribution in [3.63, 3.8) is 0 Å². The Morgan fingerprint density at radius 3 is 2.47 bits per heavy atom. The fourth-order valence-corrected chi connectivity index (χ4v) is 2.23. The molecule has 0 spiro atoms. The fraction of sp³-hybridized carbons (Fsp3) is 0.500. The number of nitrogens with one attached hydrogen (secondary N) is 1. The second-order valence-electron chi connectivity index (χ2n) is 4.13. The molecular weight excluding hydrogens is 251 g/mol. The molecule has 1 heterocycles. The number of alkyl halides is 3. The SMILES string of the molecule is Cl.FC(F)(F)c1ccccc1[C@@H]1CCCNC1. The van der Waals surface area contributed by atoms with E-state index in [2.05, 4.69) is 5.32 Å². The van der Waals surface area contributed by atoms with Crippen molar-refractivity contribution in [1.82, 2.24) is 5.32 Å². The molecule has 1 N–H and O–H groups in total. The van der Waals surface area contributed by atoms with Gasteiger partial charge in [-0.25, -0.2) is 0 Å². The molecule has 1 aromatic rings. The van der Waals surface area contributed by atoms with Crippen LogP contribution in [0.3, 0.4) is 0 Å². The van der Waals surface area contributed by atoms with Crippen LogP contribution in [-0.4, -0.2) is 13.1 Å². The number of piperidine rings is 1. The Morgan fingerprint density at radius 1 is 1.18 bits per heavy atom. The van der Waals surface area contributed by atoms with Gasteiger partial charge >= 0.3 is 6.18 Å². The number of hydrogen-bond acceptors (Lipinski definition) is 1. The minimum atomic E-state index is -4.24. The molecule has 0 bridgehead atoms. The maximum absolute atomic E-state index is 12.8. The monoisotopic (exact) mass is 265 g/mol. The van der Waals surface area contributed by atoms with E-state index in [1.807, 2.05) is 0 Å². The Labute approximate surface area is 105 Å². The van der Waals surface area contributed by atoms with Crippen LogP contribution in [0.1, 0.15) is 29.9 Å². The van der Waals surface area contributed by atoms with E-state index in [0.717, 1.165) is 19.4 Å². The van der Waals surface area contributed by atoms with Crippen LogP contribution in [0.2, 0.25) is 0 Å². The molecule has 2 rings (SSSR count). The molecule has 1 aliphatic heterocycles. The van der Waals surface area contributed by atoms with Crippen LogP contribution in [-0.2, 0) is 6.18 Å². The van der Waals surface area contributed by atoms with Gasteiger partial charge in [-0.2, -0.15) is 13.2 Å². The highest BCUT2D eigenvalue weighted by molar-refractivity contribution is 5.85. The second-order valence-corrected chi connectivity index (χ2v) is 4.13. The van der Waals surface area contributed by atoms with E-state index in [4.69, 9.17) is 0 Å². The minimum Gasteiger partial charge on any atom is -0.316 e. The Hall–Kier alpha value is -0.740. The lowest BCUT2D eigenvalue weighted by molar-refractivity contribution is -0.138. The van der Waals surface area contributed by atoms with Gasteiger partial charge < -0.3 is 5.32 Å². The maximum atomic E-state index is 12.8. The van der Waals surface area contributed by atoms with E-state index >= 15 is 0 Å². The molecule has 5 heteroatoms. The summed E-state index contributed by atoms with van der Waals surface area (Å²) in [4.78, 5) is 0. The van der Waals surface area contributed by atoms with Crippen molar-refractivity contribution in [2.24, 2.45) is 0 Å². The van der Waals surface area contributed by atoms with Crippen LogP contribution in [0.15, 0.2) is 24.3 Å². The fourth-order valence-electron chi connectivity index (χ4n) is 2.23. The number of halogens is 4. The Kier molecular flexibility index (Phi) is 4.83. The maximum Gasteiger partial charge on any atom is 0.416 e. The largest absolute Gasteiger partial charge is 0.416 e. The first kappa shape index (κ1) is 14.3. The summed E-state index contributed by atoms with van der Waals surface area (Å²) in [7, 11) is 0. The molecule has 0 aliphatic carbocycles. The van der Waals surface area contributed by atoms with Crippen molar-refractivity contribution in [3.05, 3.63) is 35.4 Å². The third-order valence-electron chi connectivity index (χ3n) is 3.00. The molecule has 0 radical (unpaired) electrons. The summed E-state index contributed by atoms with van der Waals surface area (Å²) in [5, 5.41) is 3.14. The number of rotatable bonds is 1. The third kappa shape index (κ3) is 3.36. The number of hydrogen-bond donors (Lipinski definition) is 1. The van der Waals surface area contributed by atoms with Crippen LogP contribution in [0.5, 0.6) is 0 Å². The molecule has 1 atom stereocenters.